The van der Waals surface area contributed by atoms with Crippen molar-refractivity contribution in [3.8, 4) is 0 Å². The smallest absolute Gasteiger partial charge is 0.240 e. The minimum absolute atomic E-state index is 0.171. The van der Waals surface area contributed by atoms with Crippen LogP contribution in [-0.2, 0) is 9.59 Å². The van der Waals surface area contributed by atoms with Crippen molar-refractivity contribution < 1.29 is 9.59 Å². The summed E-state index contributed by atoms with van der Waals surface area (Å²) in [6.07, 6.45) is 0. The fraction of sp³-hybridized carbons (Fsp3) is 0.571. The molecule has 0 spiro atoms. The summed E-state index contributed by atoms with van der Waals surface area (Å²) in [6.45, 7) is 2.11. The Balaban J connectivity index is 2.65. The number of imide groups is 1. The van der Waals surface area contributed by atoms with Crippen LogP contribution in [0.15, 0.2) is 0 Å². The molecule has 1 heterocycles. The normalized spacial score (nSPS) is 21.0. The summed E-state index contributed by atoms with van der Waals surface area (Å²) in [7, 11) is 0. The average molecular weight is 201 g/mol. The molecular weight excluding hydrogens is 190 g/mol. The lowest BCUT2D eigenvalue weighted by atomic mass is 10.2. The van der Waals surface area contributed by atoms with Crippen molar-refractivity contribution in [3.05, 3.63) is 0 Å². The number of hydrogen-bond acceptors (Lipinski definition) is 4. The highest BCUT2D eigenvalue weighted by atomic mass is 32.1. The highest BCUT2D eigenvalue weighted by Crippen LogP contribution is 2.02. The summed E-state index contributed by atoms with van der Waals surface area (Å²) in [5, 5.41) is 2.20. The van der Waals surface area contributed by atoms with Gasteiger partial charge in [-0.05, 0) is 6.92 Å². The van der Waals surface area contributed by atoms with Crippen LogP contribution in [0.3, 0.4) is 0 Å². The fourth-order valence-corrected chi connectivity index (χ4v) is 1.26. The highest BCUT2D eigenvalue weighted by Gasteiger charge is 2.26. The number of rotatable bonds is 2. The van der Waals surface area contributed by atoms with Gasteiger partial charge in [0.1, 0.15) is 0 Å². The summed E-state index contributed by atoms with van der Waals surface area (Å²) in [5.41, 5.74) is 5.40. The van der Waals surface area contributed by atoms with Crippen LogP contribution < -0.4 is 11.1 Å². The van der Waals surface area contributed by atoms with E-state index in [0.717, 1.165) is 0 Å². The van der Waals surface area contributed by atoms with Crippen molar-refractivity contribution >= 4 is 29.0 Å². The lowest BCUT2D eigenvalue weighted by Gasteiger charge is -2.29. The number of nitrogens with one attached hydrogen (secondary N) is 1. The second-order valence-electron chi connectivity index (χ2n) is 2.95. The Morgan fingerprint density at radius 2 is 2.00 bits per heavy atom. The first-order valence-corrected chi connectivity index (χ1v) is 4.27. The number of nitrogens with zero attached hydrogens (tertiary/aromatic N) is 1. The Morgan fingerprint density at radius 1 is 1.54 bits per heavy atom. The molecule has 0 bridgehead atoms. The van der Waals surface area contributed by atoms with E-state index in [1.54, 1.807) is 11.8 Å². The van der Waals surface area contributed by atoms with Gasteiger partial charge in [-0.15, -0.1) is 0 Å². The summed E-state index contributed by atoms with van der Waals surface area (Å²) >= 11 is 4.77. The minimum atomic E-state index is -0.306. The molecule has 1 fully saturated rings. The second-order valence-corrected chi connectivity index (χ2v) is 3.43. The molecule has 1 rings (SSSR count). The topological polar surface area (TPSA) is 75.4 Å². The Morgan fingerprint density at radius 3 is 2.38 bits per heavy atom. The van der Waals surface area contributed by atoms with Gasteiger partial charge in [0.2, 0.25) is 11.8 Å². The third kappa shape index (κ3) is 2.46. The Labute approximate surface area is 81.3 Å². The fourth-order valence-electron chi connectivity index (χ4n) is 1.11. The lowest BCUT2D eigenvalue weighted by molar-refractivity contribution is -0.136. The van der Waals surface area contributed by atoms with E-state index in [0.29, 0.717) is 4.99 Å². The number of piperazine rings is 1. The van der Waals surface area contributed by atoms with Crippen molar-refractivity contribution in [3.63, 3.8) is 0 Å². The second kappa shape index (κ2) is 3.80. The van der Waals surface area contributed by atoms with Gasteiger partial charge in [-0.25, -0.2) is 0 Å². The molecule has 1 unspecified atom stereocenters. The molecule has 0 aromatic rings. The number of thiocarbonyl (C=S) groups is 1. The van der Waals surface area contributed by atoms with Crippen molar-refractivity contribution in [2.45, 2.75) is 13.0 Å². The van der Waals surface area contributed by atoms with E-state index in [1.807, 2.05) is 0 Å². The maximum atomic E-state index is 11.0. The highest BCUT2D eigenvalue weighted by molar-refractivity contribution is 7.80. The molecule has 0 radical (unpaired) electrons. The van der Waals surface area contributed by atoms with Gasteiger partial charge in [-0.1, -0.05) is 12.2 Å². The Bertz CT molecular complexity index is 250. The van der Waals surface area contributed by atoms with E-state index in [9.17, 15) is 9.59 Å². The molecule has 5 nitrogen and oxygen atoms in total. The van der Waals surface area contributed by atoms with Crippen LogP contribution in [0, 0.1) is 0 Å². The number of nitrogens with two attached hydrogens (primary N) is 1. The maximum absolute atomic E-state index is 11.0. The first-order valence-electron chi connectivity index (χ1n) is 3.86. The van der Waals surface area contributed by atoms with Gasteiger partial charge in [-0.3, -0.25) is 19.8 Å². The molecule has 3 N–H and O–H groups in total. The third-order valence-electron chi connectivity index (χ3n) is 1.93. The predicted octanol–water partition coefficient (Wildman–Crippen LogP) is -1.38. The van der Waals surface area contributed by atoms with Gasteiger partial charge in [0.25, 0.3) is 0 Å². The standard InChI is InChI=1S/C7H11N3O2S/c1-4(7(8)13)10-2-5(11)9-6(12)3-10/h4H,2-3H2,1H3,(H2,8,13)(H,9,11,12). The van der Waals surface area contributed by atoms with Gasteiger partial charge in [-0.2, -0.15) is 0 Å². The van der Waals surface area contributed by atoms with E-state index >= 15 is 0 Å². The largest absolute Gasteiger partial charge is 0.392 e. The molecule has 0 saturated carbocycles. The Hall–Kier alpha value is -1.01. The molecule has 1 aliphatic rings. The Kier molecular flexibility index (Phi) is 2.94. The van der Waals surface area contributed by atoms with Crippen LogP contribution in [0.1, 0.15) is 6.92 Å². The van der Waals surface area contributed by atoms with Gasteiger partial charge in [0, 0.05) is 0 Å². The van der Waals surface area contributed by atoms with Crippen LogP contribution in [0.4, 0.5) is 0 Å². The number of amides is 2. The summed E-state index contributed by atoms with van der Waals surface area (Å²) < 4.78 is 0. The van der Waals surface area contributed by atoms with Crippen LogP contribution in [-0.4, -0.2) is 40.8 Å². The zero-order chi connectivity index (χ0) is 10.0. The first kappa shape index (κ1) is 10.1. The van der Waals surface area contributed by atoms with Crippen LogP contribution >= 0.6 is 12.2 Å². The van der Waals surface area contributed by atoms with Crippen LogP contribution in [0.2, 0.25) is 0 Å². The molecule has 2 amide bonds. The zero-order valence-electron chi connectivity index (χ0n) is 7.24. The van der Waals surface area contributed by atoms with Gasteiger partial charge in [0.15, 0.2) is 0 Å². The molecule has 1 saturated heterocycles. The lowest BCUT2D eigenvalue weighted by Crippen LogP contribution is -2.56. The summed E-state index contributed by atoms with van der Waals surface area (Å²) in [5.74, 6) is -0.612. The molecule has 1 atom stereocenters. The van der Waals surface area contributed by atoms with E-state index in [-0.39, 0.29) is 30.9 Å². The quantitative estimate of drug-likeness (QED) is 0.425. The average Bonchev–Trinajstić information content (AvgIpc) is 2.01. The van der Waals surface area contributed by atoms with E-state index in [1.165, 1.54) is 0 Å². The molecule has 0 aromatic heterocycles. The first-order chi connectivity index (χ1) is 6.00. The number of hydrogen-bond donors (Lipinski definition) is 2. The number of carbonyl (C=O) groups excluding carboxylic acids is 2. The zero-order valence-corrected chi connectivity index (χ0v) is 8.06. The molecule has 13 heavy (non-hydrogen) atoms. The van der Waals surface area contributed by atoms with Crippen molar-refractivity contribution in [2.24, 2.45) is 5.73 Å². The monoisotopic (exact) mass is 201 g/mol. The third-order valence-corrected chi connectivity index (χ3v) is 2.27. The number of carbonyl (C=O) groups is 2. The predicted molar refractivity (Wildman–Crippen MR) is 51.0 cm³/mol. The van der Waals surface area contributed by atoms with E-state index < -0.39 is 0 Å². The summed E-state index contributed by atoms with van der Waals surface area (Å²) in [6, 6.07) is -0.218. The molecule has 6 heteroatoms. The van der Waals surface area contributed by atoms with E-state index in [4.69, 9.17) is 18.0 Å². The SMILES string of the molecule is CC(C(N)=S)N1CC(=O)NC(=O)C1. The molecule has 1 aliphatic heterocycles. The van der Waals surface area contributed by atoms with Gasteiger partial charge >= 0.3 is 0 Å². The molecule has 0 aromatic carbocycles. The summed E-state index contributed by atoms with van der Waals surface area (Å²) in [4.78, 5) is 23.8. The van der Waals surface area contributed by atoms with Gasteiger partial charge < -0.3 is 5.73 Å². The minimum Gasteiger partial charge on any atom is -0.392 e. The van der Waals surface area contributed by atoms with Gasteiger partial charge in [0.05, 0.1) is 24.1 Å². The van der Waals surface area contributed by atoms with Crippen molar-refractivity contribution in [1.29, 1.82) is 0 Å². The molecular formula is C7H11N3O2S. The van der Waals surface area contributed by atoms with Crippen LogP contribution in [0.25, 0.3) is 0 Å². The maximum Gasteiger partial charge on any atom is 0.240 e. The van der Waals surface area contributed by atoms with E-state index in [2.05, 4.69) is 5.32 Å². The van der Waals surface area contributed by atoms with Crippen LogP contribution in [0.5, 0.6) is 0 Å². The molecule has 0 aliphatic carbocycles. The molecule has 72 valence electrons. The van der Waals surface area contributed by atoms with Crippen molar-refractivity contribution in [2.75, 3.05) is 13.1 Å². The van der Waals surface area contributed by atoms with Crippen molar-refractivity contribution in [1.82, 2.24) is 10.2 Å².